The van der Waals surface area contributed by atoms with Gasteiger partial charge in [0.25, 0.3) is 12.2 Å². The number of aliphatic hydroxyl groups excluding tert-OH is 1. The van der Waals surface area contributed by atoms with E-state index in [4.69, 9.17) is 14.9 Å². The number of likely N-dealkylation sites (tertiary alicyclic amines) is 1. The van der Waals surface area contributed by atoms with E-state index >= 15 is 0 Å². The Morgan fingerprint density at radius 1 is 1.45 bits per heavy atom. The van der Waals surface area contributed by atoms with Gasteiger partial charge in [-0.05, 0) is 19.4 Å². The second-order valence-electron chi connectivity index (χ2n) is 6.09. The second-order valence-corrected chi connectivity index (χ2v) is 7.07. The van der Waals surface area contributed by atoms with Gasteiger partial charge in [0.05, 0.1) is 12.8 Å². The Kier molecular flexibility index (Phi) is 6.24. The number of nitrogens with zero attached hydrogens (tertiary/aromatic N) is 3. The number of allylic oxidation sites excluding steroid dienone is 3. The first kappa shape index (κ1) is 20.5. The molecule has 1 fully saturated rings. The molecule has 0 aromatic carbocycles. The molecule has 2 aliphatic rings. The van der Waals surface area contributed by atoms with Crippen LogP contribution in [0.3, 0.4) is 0 Å². The fraction of sp³-hybridized carbons (Fsp3) is 0.353. The molecule has 0 bridgehead atoms. The minimum absolute atomic E-state index is 0.0627. The SMILES string of the molecule is COC1=C(N2CCCC2=O)C=C(C(=O)Nc2nnc(N/C(C)=C\C=N)s2)OC1O. The van der Waals surface area contributed by atoms with Gasteiger partial charge in [0.1, 0.15) is 0 Å². The van der Waals surface area contributed by atoms with Crippen LogP contribution in [-0.2, 0) is 19.1 Å². The molecule has 1 aromatic heterocycles. The summed E-state index contributed by atoms with van der Waals surface area (Å²) in [5.74, 6) is -0.893. The molecular formula is C17H20N6O5S. The summed E-state index contributed by atoms with van der Waals surface area (Å²) in [5, 5.41) is 31.1. The van der Waals surface area contributed by atoms with Crippen molar-refractivity contribution in [3.8, 4) is 0 Å². The van der Waals surface area contributed by atoms with Crippen LogP contribution in [0.2, 0.25) is 0 Å². The number of amides is 2. The number of carbonyl (C=O) groups is 2. The molecule has 3 rings (SSSR count). The third kappa shape index (κ3) is 4.60. The van der Waals surface area contributed by atoms with Crippen molar-refractivity contribution in [2.45, 2.75) is 26.1 Å². The van der Waals surface area contributed by atoms with Crippen LogP contribution in [-0.4, -0.2) is 58.2 Å². The first-order valence-electron chi connectivity index (χ1n) is 8.67. The molecule has 12 heteroatoms. The summed E-state index contributed by atoms with van der Waals surface area (Å²) in [5.41, 5.74) is 0.985. The number of ether oxygens (including phenoxy) is 2. The van der Waals surface area contributed by atoms with E-state index in [2.05, 4.69) is 20.8 Å². The summed E-state index contributed by atoms with van der Waals surface area (Å²) in [7, 11) is 1.35. The molecule has 1 aromatic rings. The Balaban J connectivity index is 1.77. The molecule has 0 radical (unpaired) electrons. The minimum Gasteiger partial charge on any atom is -0.493 e. The highest BCUT2D eigenvalue weighted by Gasteiger charge is 2.34. The lowest BCUT2D eigenvalue weighted by atomic mass is 10.2. The summed E-state index contributed by atoms with van der Waals surface area (Å²) in [6.45, 7) is 2.22. The molecule has 11 nitrogen and oxygen atoms in total. The molecular weight excluding hydrogens is 400 g/mol. The monoisotopic (exact) mass is 420 g/mol. The zero-order chi connectivity index (χ0) is 21.0. The van der Waals surface area contributed by atoms with Crippen molar-refractivity contribution in [3.63, 3.8) is 0 Å². The van der Waals surface area contributed by atoms with Gasteiger partial charge in [0, 0.05) is 31.0 Å². The molecule has 1 atom stereocenters. The molecule has 154 valence electrons. The van der Waals surface area contributed by atoms with Crippen LogP contribution in [0, 0.1) is 5.41 Å². The lowest BCUT2D eigenvalue weighted by Gasteiger charge is -2.28. The molecule has 2 aliphatic heterocycles. The van der Waals surface area contributed by atoms with E-state index in [9.17, 15) is 14.7 Å². The van der Waals surface area contributed by atoms with Gasteiger partial charge in [0.2, 0.25) is 16.2 Å². The lowest BCUT2D eigenvalue weighted by Crippen LogP contribution is -2.33. The summed E-state index contributed by atoms with van der Waals surface area (Å²) < 4.78 is 10.4. The van der Waals surface area contributed by atoms with Crippen LogP contribution in [0.4, 0.5) is 10.3 Å². The van der Waals surface area contributed by atoms with Gasteiger partial charge >= 0.3 is 0 Å². The Morgan fingerprint density at radius 2 is 2.17 bits per heavy atom. The van der Waals surface area contributed by atoms with E-state index in [1.165, 1.54) is 18.1 Å². The van der Waals surface area contributed by atoms with Gasteiger partial charge in [-0.1, -0.05) is 11.3 Å². The number of hydrogen-bond donors (Lipinski definition) is 4. The number of rotatable bonds is 7. The van der Waals surface area contributed by atoms with Crippen LogP contribution in [0.1, 0.15) is 19.8 Å². The van der Waals surface area contributed by atoms with Crippen LogP contribution in [0.15, 0.2) is 35.1 Å². The third-order valence-corrected chi connectivity index (χ3v) is 4.83. The largest absolute Gasteiger partial charge is 0.493 e. The van der Waals surface area contributed by atoms with Gasteiger partial charge in [-0.25, -0.2) is 0 Å². The quantitative estimate of drug-likeness (QED) is 0.480. The van der Waals surface area contributed by atoms with Gasteiger partial charge in [-0.2, -0.15) is 0 Å². The van der Waals surface area contributed by atoms with E-state index in [1.54, 1.807) is 13.0 Å². The number of aliphatic hydroxyl groups is 1. The van der Waals surface area contributed by atoms with E-state index in [1.807, 2.05) is 0 Å². The highest BCUT2D eigenvalue weighted by Crippen LogP contribution is 2.29. The Hall–Kier alpha value is -3.25. The highest BCUT2D eigenvalue weighted by molar-refractivity contribution is 7.19. The third-order valence-electron chi connectivity index (χ3n) is 4.07. The van der Waals surface area contributed by atoms with Gasteiger partial charge in [0.15, 0.2) is 11.5 Å². The Bertz CT molecular complexity index is 921. The number of carbonyl (C=O) groups excluding carboxylic acids is 2. The van der Waals surface area contributed by atoms with Crippen molar-refractivity contribution in [3.05, 3.63) is 35.1 Å². The van der Waals surface area contributed by atoms with Crippen molar-refractivity contribution in [2.75, 3.05) is 24.3 Å². The zero-order valence-corrected chi connectivity index (χ0v) is 16.6. The molecule has 3 heterocycles. The van der Waals surface area contributed by atoms with Gasteiger partial charge in [-0.15, -0.1) is 10.2 Å². The van der Waals surface area contributed by atoms with Gasteiger partial charge in [-0.3, -0.25) is 14.9 Å². The zero-order valence-electron chi connectivity index (χ0n) is 15.8. The summed E-state index contributed by atoms with van der Waals surface area (Å²) in [4.78, 5) is 26.1. The number of hydrogen-bond acceptors (Lipinski definition) is 10. The molecule has 0 spiro atoms. The predicted octanol–water partition coefficient (Wildman–Crippen LogP) is 1.15. The van der Waals surface area contributed by atoms with E-state index in [-0.39, 0.29) is 22.6 Å². The maximum Gasteiger partial charge on any atom is 0.292 e. The van der Waals surface area contributed by atoms with Gasteiger partial charge < -0.3 is 30.2 Å². The lowest BCUT2D eigenvalue weighted by molar-refractivity contribution is -0.129. The van der Waals surface area contributed by atoms with Crippen LogP contribution in [0.25, 0.3) is 0 Å². The smallest absolute Gasteiger partial charge is 0.292 e. The number of methoxy groups -OCH3 is 1. The number of nitrogens with one attached hydrogen (secondary N) is 3. The maximum atomic E-state index is 12.6. The fourth-order valence-electron chi connectivity index (χ4n) is 2.79. The van der Waals surface area contributed by atoms with E-state index < -0.39 is 12.2 Å². The van der Waals surface area contributed by atoms with E-state index in [0.717, 1.165) is 17.6 Å². The summed E-state index contributed by atoms with van der Waals surface area (Å²) in [6.07, 6.45) is 3.59. The van der Waals surface area contributed by atoms with Crippen molar-refractivity contribution < 1.29 is 24.2 Å². The standard InChI is InChI=1S/C17H20N6O5S/c1-9(5-6-18)19-16-21-22-17(29-16)20-14(25)11-8-10(13(27-2)15(26)28-11)23-7-3-4-12(23)24/h5-6,8,15,18,26H,3-4,7H2,1-2H3,(H,19,21)(H,20,22,25)/b9-5-,18-6?. The molecule has 1 unspecified atom stereocenters. The first-order chi connectivity index (χ1) is 13.9. The molecule has 1 saturated heterocycles. The average molecular weight is 420 g/mol. The maximum absolute atomic E-state index is 12.6. The second kappa shape index (κ2) is 8.84. The van der Waals surface area contributed by atoms with Crippen molar-refractivity contribution in [2.24, 2.45) is 0 Å². The number of anilines is 2. The van der Waals surface area contributed by atoms with Crippen molar-refractivity contribution >= 4 is 39.6 Å². The Morgan fingerprint density at radius 3 is 2.79 bits per heavy atom. The highest BCUT2D eigenvalue weighted by atomic mass is 32.1. The molecule has 29 heavy (non-hydrogen) atoms. The first-order valence-corrected chi connectivity index (χ1v) is 9.48. The molecule has 4 N–H and O–H groups in total. The Labute approximate surface area is 170 Å². The minimum atomic E-state index is -1.52. The predicted molar refractivity (Wildman–Crippen MR) is 105 cm³/mol. The molecule has 0 saturated carbocycles. The molecule has 2 amide bonds. The van der Waals surface area contributed by atoms with Crippen molar-refractivity contribution in [1.29, 1.82) is 5.41 Å². The average Bonchev–Trinajstić information content (AvgIpc) is 3.29. The molecule has 0 aliphatic carbocycles. The normalized spacial score (nSPS) is 19.6. The summed E-state index contributed by atoms with van der Waals surface area (Å²) >= 11 is 1.08. The number of aromatic nitrogens is 2. The topological polar surface area (TPSA) is 150 Å². The van der Waals surface area contributed by atoms with Crippen LogP contribution < -0.4 is 10.6 Å². The van der Waals surface area contributed by atoms with Crippen molar-refractivity contribution in [1.82, 2.24) is 15.1 Å². The van der Waals surface area contributed by atoms with Crippen LogP contribution in [0.5, 0.6) is 0 Å². The van der Waals surface area contributed by atoms with E-state index in [0.29, 0.717) is 35.9 Å². The van der Waals surface area contributed by atoms with Crippen LogP contribution >= 0.6 is 11.3 Å². The fourth-order valence-corrected chi connectivity index (χ4v) is 3.49. The summed E-state index contributed by atoms with van der Waals surface area (Å²) in [6, 6.07) is 0.